The van der Waals surface area contributed by atoms with E-state index >= 15 is 0 Å². The molecule has 0 radical (unpaired) electrons. The largest absolute Gasteiger partial charge is 0.481 e. The fourth-order valence-electron chi connectivity index (χ4n) is 3.69. The third-order valence-corrected chi connectivity index (χ3v) is 4.62. The maximum atomic E-state index is 11.4. The van der Waals surface area contributed by atoms with Crippen molar-refractivity contribution in [3.63, 3.8) is 0 Å². The summed E-state index contributed by atoms with van der Waals surface area (Å²) in [5, 5.41) is 9.37. The van der Waals surface area contributed by atoms with Crippen LogP contribution in [0.3, 0.4) is 0 Å². The first-order valence-electron chi connectivity index (χ1n) is 7.22. The van der Waals surface area contributed by atoms with Crippen molar-refractivity contribution in [3.8, 4) is 0 Å². The molecule has 17 heavy (non-hydrogen) atoms. The minimum absolute atomic E-state index is 0.115. The summed E-state index contributed by atoms with van der Waals surface area (Å²) in [6, 6.07) is 0.945. The van der Waals surface area contributed by atoms with E-state index in [1.807, 2.05) is 0 Å². The monoisotopic (exact) mass is 239 g/mol. The van der Waals surface area contributed by atoms with Gasteiger partial charge in [0.15, 0.2) is 0 Å². The van der Waals surface area contributed by atoms with Crippen molar-refractivity contribution >= 4 is 5.97 Å². The van der Waals surface area contributed by atoms with Crippen LogP contribution < -0.4 is 0 Å². The lowest BCUT2D eigenvalue weighted by Crippen LogP contribution is -2.51. The molecule has 0 aromatic heterocycles. The number of rotatable bonds is 3. The molecule has 0 aromatic carbocycles. The van der Waals surface area contributed by atoms with E-state index in [0.29, 0.717) is 12.1 Å². The van der Waals surface area contributed by atoms with Crippen molar-refractivity contribution in [1.29, 1.82) is 0 Å². The number of piperidine rings is 1. The highest BCUT2D eigenvalue weighted by atomic mass is 16.4. The quantitative estimate of drug-likeness (QED) is 0.823. The van der Waals surface area contributed by atoms with E-state index in [9.17, 15) is 9.90 Å². The minimum Gasteiger partial charge on any atom is -0.481 e. The van der Waals surface area contributed by atoms with Crippen molar-refractivity contribution in [2.45, 2.75) is 70.4 Å². The van der Waals surface area contributed by atoms with Gasteiger partial charge in [0.05, 0.1) is 5.92 Å². The second kappa shape index (κ2) is 5.85. The summed E-state index contributed by atoms with van der Waals surface area (Å²) in [5.41, 5.74) is 0. The topological polar surface area (TPSA) is 40.5 Å². The summed E-state index contributed by atoms with van der Waals surface area (Å²) in [6.45, 7) is 3.36. The fraction of sp³-hybridized carbons (Fsp3) is 0.929. The van der Waals surface area contributed by atoms with E-state index in [2.05, 4.69) is 11.8 Å². The molecule has 0 bridgehead atoms. The Balaban J connectivity index is 2.08. The molecule has 1 aliphatic heterocycles. The number of carbonyl (C=O) groups is 1. The average molecular weight is 239 g/mol. The number of carboxylic acid groups (broad SMARTS) is 1. The van der Waals surface area contributed by atoms with Crippen LogP contribution in [0.1, 0.15) is 58.3 Å². The molecule has 98 valence electrons. The zero-order valence-corrected chi connectivity index (χ0v) is 10.9. The van der Waals surface area contributed by atoms with E-state index in [1.54, 1.807) is 0 Å². The smallest absolute Gasteiger partial charge is 0.308 e. The molecule has 1 saturated carbocycles. The maximum absolute atomic E-state index is 11.4. The molecule has 1 N–H and O–H groups in total. The molecule has 1 saturated heterocycles. The third kappa shape index (κ3) is 2.82. The fourth-order valence-corrected chi connectivity index (χ4v) is 3.69. The van der Waals surface area contributed by atoms with Crippen LogP contribution in [0.4, 0.5) is 0 Å². The van der Waals surface area contributed by atoms with E-state index in [4.69, 9.17) is 0 Å². The SMILES string of the molecule is CCC1CCCCN1C1CCCCC1C(=O)O. The Bertz CT molecular complexity index is 267. The molecule has 3 atom stereocenters. The summed E-state index contributed by atoms with van der Waals surface area (Å²) in [4.78, 5) is 13.9. The maximum Gasteiger partial charge on any atom is 0.308 e. The lowest BCUT2D eigenvalue weighted by molar-refractivity contribution is -0.146. The first-order chi connectivity index (χ1) is 8.24. The van der Waals surface area contributed by atoms with Gasteiger partial charge in [-0.3, -0.25) is 9.69 Å². The predicted molar refractivity (Wildman–Crippen MR) is 68.0 cm³/mol. The van der Waals surface area contributed by atoms with Gasteiger partial charge < -0.3 is 5.11 Å². The normalized spacial score (nSPS) is 35.7. The van der Waals surface area contributed by atoms with Gasteiger partial charge in [-0.2, -0.15) is 0 Å². The van der Waals surface area contributed by atoms with Crippen LogP contribution in [-0.4, -0.2) is 34.6 Å². The lowest BCUT2D eigenvalue weighted by Gasteiger charge is -2.45. The Labute approximate surface area is 104 Å². The molecule has 1 heterocycles. The van der Waals surface area contributed by atoms with Crippen molar-refractivity contribution in [2.24, 2.45) is 5.92 Å². The van der Waals surface area contributed by atoms with Crippen LogP contribution in [0, 0.1) is 5.92 Å². The van der Waals surface area contributed by atoms with E-state index < -0.39 is 5.97 Å². The molecule has 0 amide bonds. The summed E-state index contributed by atoms with van der Waals surface area (Å²) in [6.07, 6.45) is 9.28. The van der Waals surface area contributed by atoms with Crippen LogP contribution >= 0.6 is 0 Å². The minimum atomic E-state index is -0.574. The van der Waals surface area contributed by atoms with E-state index in [-0.39, 0.29) is 5.92 Å². The Morgan fingerprint density at radius 2 is 1.88 bits per heavy atom. The van der Waals surface area contributed by atoms with E-state index in [1.165, 1.54) is 32.1 Å². The molecule has 0 aromatic rings. The third-order valence-electron chi connectivity index (χ3n) is 4.62. The first-order valence-corrected chi connectivity index (χ1v) is 7.22. The summed E-state index contributed by atoms with van der Waals surface area (Å²) >= 11 is 0. The number of likely N-dealkylation sites (tertiary alicyclic amines) is 1. The summed E-state index contributed by atoms with van der Waals surface area (Å²) in [7, 11) is 0. The van der Waals surface area contributed by atoms with Gasteiger partial charge in [0.2, 0.25) is 0 Å². The Morgan fingerprint density at radius 3 is 2.59 bits per heavy atom. The Kier molecular flexibility index (Phi) is 4.43. The van der Waals surface area contributed by atoms with Crippen molar-refractivity contribution < 1.29 is 9.90 Å². The van der Waals surface area contributed by atoms with Crippen molar-refractivity contribution in [3.05, 3.63) is 0 Å². The van der Waals surface area contributed by atoms with Gasteiger partial charge in [-0.25, -0.2) is 0 Å². The molecule has 3 nitrogen and oxygen atoms in total. The van der Waals surface area contributed by atoms with Crippen LogP contribution in [-0.2, 0) is 4.79 Å². The number of carboxylic acids is 1. The van der Waals surface area contributed by atoms with Gasteiger partial charge in [-0.15, -0.1) is 0 Å². The van der Waals surface area contributed by atoms with Gasteiger partial charge in [-0.1, -0.05) is 26.2 Å². The van der Waals surface area contributed by atoms with Crippen LogP contribution in [0.5, 0.6) is 0 Å². The highest BCUT2D eigenvalue weighted by Gasteiger charge is 2.37. The van der Waals surface area contributed by atoms with Gasteiger partial charge in [0.25, 0.3) is 0 Å². The zero-order chi connectivity index (χ0) is 12.3. The average Bonchev–Trinajstić information content (AvgIpc) is 2.38. The standard InChI is InChI=1S/C14H25NO2/c1-2-11-7-5-6-10-15(11)13-9-4-3-8-12(13)14(16)17/h11-13H,2-10H2,1H3,(H,16,17). The lowest BCUT2D eigenvalue weighted by atomic mass is 9.81. The van der Waals surface area contributed by atoms with Crippen molar-refractivity contribution in [1.82, 2.24) is 4.90 Å². The Hall–Kier alpha value is -0.570. The number of hydrogen-bond donors (Lipinski definition) is 1. The Morgan fingerprint density at radius 1 is 1.18 bits per heavy atom. The van der Waals surface area contributed by atoms with Gasteiger partial charge >= 0.3 is 5.97 Å². The number of hydrogen-bond acceptors (Lipinski definition) is 2. The number of aliphatic carboxylic acids is 1. The molecule has 2 fully saturated rings. The van der Waals surface area contributed by atoms with Gasteiger partial charge in [0.1, 0.15) is 0 Å². The molecule has 3 unspecified atom stereocenters. The molecule has 0 spiro atoms. The van der Waals surface area contributed by atoms with Crippen LogP contribution in [0.2, 0.25) is 0 Å². The van der Waals surface area contributed by atoms with Crippen LogP contribution in [0.25, 0.3) is 0 Å². The van der Waals surface area contributed by atoms with E-state index in [0.717, 1.165) is 25.8 Å². The molecule has 2 aliphatic rings. The molecular formula is C14H25NO2. The molecular weight excluding hydrogens is 214 g/mol. The van der Waals surface area contributed by atoms with Gasteiger partial charge in [0, 0.05) is 12.1 Å². The molecule has 1 aliphatic carbocycles. The first kappa shape index (κ1) is 12.9. The summed E-state index contributed by atoms with van der Waals surface area (Å²) < 4.78 is 0. The number of nitrogens with zero attached hydrogens (tertiary/aromatic N) is 1. The zero-order valence-electron chi connectivity index (χ0n) is 10.9. The van der Waals surface area contributed by atoms with Crippen LogP contribution in [0.15, 0.2) is 0 Å². The highest BCUT2D eigenvalue weighted by Crippen LogP contribution is 2.33. The second-order valence-corrected chi connectivity index (χ2v) is 5.59. The predicted octanol–water partition coefficient (Wildman–Crippen LogP) is 2.89. The summed E-state index contributed by atoms with van der Waals surface area (Å²) in [5.74, 6) is -0.689. The molecule has 3 heteroatoms. The molecule has 2 rings (SSSR count). The highest BCUT2D eigenvalue weighted by molar-refractivity contribution is 5.71. The second-order valence-electron chi connectivity index (χ2n) is 5.59. The van der Waals surface area contributed by atoms with Crippen molar-refractivity contribution in [2.75, 3.05) is 6.54 Å². The van der Waals surface area contributed by atoms with Gasteiger partial charge in [-0.05, 0) is 38.6 Å².